The molecule has 0 radical (unpaired) electrons. The largest absolute Gasteiger partial charge is 0.611 e. The number of rotatable bonds is 5. The molecule has 0 aromatic heterocycles. The average Bonchev–Trinajstić information content (AvgIpc) is 2.55. The lowest BCUT2D eigenvalue weighted by Gasteiger charge is -2.07. The highest BCUT2D eigenvalue weighted by Crippen LogP contribution is 2.16. The van der Waals surface area contributed by atoms with Crippen molar-refractivity contribution >= 4 is 11.2 Å². The lowest BCUT2D eigenvalue weighted by Crippen LogP contribution is -2.05. The standard InChI is InChI=1S/C17H16O3S/c1-19-15-9-11-17(12-10-15)21(18)14-6-5-13-20-16-7-3-2-4-8-16/h2-4,7-12H,13-14H2,1H3. The topological polar surface area (TPSA) is 41.5 Å². The number of benzene rings is 2. The van der Waals surface area contributed by atoms with Gasteiger partial charge in [0.2, 0.25) is 0 Å². The van der Waals surface area contributed by atoms with Gasteiger partial charge in [0, 0.05) is 0 Å². The van der Waals surface area contributed by atoms with Crippen molar-refractivity contribution in [1.29, 1.82) is 0 Å². The van der Waals surface area contributed by atoms with E-state index in [4.69, 9.17) is 9.47 Å². The first-order valence-corrected chi connectivity index (χ1v) is 7.77. The van der Waals surface area contributed by atoms with Crippen LogP contribution in [0.25, 0.3) is 0 Å². The van der Waals surface area contributed by atoms with Gasteiger partial charge >= 0.3 is 0 Å². The maximum Gasteiger partial charge on any atom is 0.171 e. The predicted octanol–water partition coefficient (Wildman–Crippen LogP) is 2.89. The molecular formula is C17H16O3S. The molecule has 0 aliphatic heterocycles. The van der Waals surface area contributed by atoms with Gasteiger partial charge in [-0.15, -0.1) is 0 Å². The highest BCUT2D eigenvalue weighted by Gasteiger charge is 2.08. The Labute approximate surface area is 128 Å². The minimum absolute atomic E-state index is 0.295. The van der Waals surface area contributed by atoms with E-state index in [-0.39, 0.29) is 0 Å². The van der Waals surface area contributed by atoms with Crippen LogP contribution < -0.4 is 9.47 Å². The van der Waals surface area contributed by atoms with Crippen molar-refractivity contribution in [2.75, 3.05) is 19.5 Å². The summed E-state index contributed by atoms with van der Waals surface area (Å²) in [5.41, 5.74) is 0. The van der Waals surface area contributed by atoms with Crippen molar-refractivity contribution in [2.45, 2.75) is 4.90 Å². The number of ether oxygens (including phenoxy) is 2. The maximum atomic E-state index is 12.0. The zero-order valence-electron chi connectivity index (χ0n) is 11.7. The van der Waals surface area contributed by atoms with Crippen LogP contribution in [-0.4, -0.2) is 24.0 Å². The quantitative estimate of drug-likeness (QED) is 0.630. The monoisotopic (exact) mass is 300 g/mol. The van der Waals surface area contributed by atoms with E-state index in [9.17, 15) is 4.55 Å². The van der Waals surface area contributed by atoms with E-state index in [2.05, 4.69) is 11.8 Å². The Morgan fingerprint density at radius 3 is 2.33 bits per heavy atom. The van der Waals surface area contributed by atoms with Gasteiger partial charge in [-0.2, -0.15) is 0 Å². The van der Waals surface area contributed by atoms with Crippen molar-refractivity contribution in [3.63, 3.8) is 0 Å². The fourth-order valence-corrected chi connectivity index (χ4v) is 2.45. The van der Waals surface area contributed by atoms with Crippen LogP contribution in [0.3, 0.4) is 0 Å². The van der Waals surface area contributed by atoms with Crippen LogP contribution in [0.4, 0.5) is 0 Å². The Kier molecular flexibility index (Phi) is 6.01. The van der Waals surface area contributed by atoms with E-state index >= 15 is 0 Å². The summed E-state index contributed by atoms with van der Waals surface area (Å²) >= 11 is -1.13. The Bertz CT molecular complexity index is 599. The average molecular weight is 300 g/mol. The lowest BCUT2D eigenvalue weighted by molar-refractivity contribution is 0.370. The Balaban J connectivity index is 1.78. The lowest BCUT2D eigenvalue weighted by atomic mass is 10.3. The first-order chi connectivity index (χ1) is 10.3. The highest BCUT2D eigenvalue weighted by molar-refractivity contribution is 7.91. The first kappa shape index (κ1) is 15.3. The normalized spacial score (nSPS) is 11.1. The van der Waals surface area contributed by atoms with Crippen molar-refractivity contribution in [3.05, 3.63) is 54.6 Å². The minimum atomic E-state index is -1.13. The van der Waals surface area contributed by atoms with Gasteiger partial charge in [-0.05, 0) is 53.5 Å². The molecule has 0 saturated carbocycles. The van der Waals surface area contributed by atoms with Crippen LogP contribution in [0.5, 0.6) is 11.5 Å². The number of hydrogen-bond acceptors (Lipinski definition) is 3. The van der Waals surface area contributed by atoms with E-state index in [1.165, 1.54) is 0 Å². The molecule has 0 saturated heterocycles. The van der Waals surface area contributed by atoms with Gasteiger partial charge < -0.3 is 14.0 Å². The molecule has 0 N–H and O–H groups in total. The van der Waals surface area contributed by atoms with Gasteiger partial charge in [-0.1, -0.05) is 24.1 Å². The van der Waals surface area contributed by atoms with Gasteiger partial charge in [-0.3, -0.25) is 0 Å². The fourth-order valence-electron chi connectivity index (χ4n) is 1.61. The van der Waals surface area contributed by atoms with Crippen molar-refractivity contribution in [3.8, 4) is 23.3 Å². The fraction of sp³-hybridized carbons (Fsp3) is 0.176. The number of hydrogen-bond donors (Lipinski definition) is 0. The third-order valence-corrected chi connectivity index (χ3v) is 3.91. The molecule has 0 amide bonds. The van der Waals surface area contributed by atoms with Gasteiger partial charge in [0.05, 0.1) is 7.11 Å². The molecule has 0 heterocycles. The minimum Gasteiger partial charge on any atom is -0.611 e. The van der Waals surface area contributed by atoms with E-state index in [1.807, 2.05) is 30.3 Å². The Morgan fingerprint density at radius 2 is 1.67 bits per heavy atom. The summed E-state index contributed by atoms with van der Waals surface area (Å²) in [6.45, 7) is 0.295. The van der Waals surface area contributed by atoms with Crippen LogP contribution in [0.2, 0.25) is 0 Å². The zero-order chi connectivity index (χ0) is 14.9. The molecule has 4 heteroatoms. The van der Waals surface area contributed by atoms with Crippen LogP contribution >= 0.6 is 0 Å². The third-order valence-electron chi connectivity index (χ3n) is 2.70. The third kappa shape index (κ3) is 5.07. The second-order valence-electron chi connectivity index (χ2n) is 4.12. The van der Waals surface area contributed by atoms with Crippen molar-refractivity contribution < 1.29 is 14.0 Å². The zero-order valence-corrected chi connectivity index (χ0v) is 12.6. The maximum absolute atomic E-state index is 12.0. The summed E-state index contributed by atoms with van der Waals surface area (Å²) in [6, 6.07) is 16.6. The van der Waals surface area contributed by atoms with E-state index < -0.39 is 11.2 Å². The molecule has 2 aromatic carbocycles. The van der Waals surface area contributed by atoms with Crippen molar-refractivity contribution in [1.82, 2.24) is 0 Å². The number of methoxy groups -OCH3 is 1. The molecule has 0 fully saturated rings. The molecule has 2 rings (SSSR count). The number of para-hydroxylation sites is 1. The van der Waals surface area contributed by atoms with Gasteiger partial charge in [0.1, 0.15) is 18.1 Å². The van der Waals surface area contributed by atoms with E-state index in [0.29, 0.717) is 12.4 Å². The van der Waals surface area contributed by atoms with Crippen molar-refractivity contribution in [2.24, 2.45) is 0 Å². The second kappa shape index (κ2) is 8.25. The molecular weight excluding hydrogens is 284 g/mol. The summed E-state index contributed by atoms with van der Waals surface area (Å²) in [7, 11) is 1.60. The molecule has 1 unspecified atom stereocenters. The van der Waals surface area contributed by atoms with E-state index in [0.717, 1.165) is 16.4 Å². The van der Waals surface area contributed by atoms with Gasteiger partial charge in [-0.25, -0.2) is 0 Å². The summed E-state index contributed by atoms with van der Waals surface area (Å²) in [6.07, 6.45) is 0. The molecule has 3 nitrogen and oxygen atoms in total. The van der Waals surface area contributed by atoms with Gasteiger partial charge in [0.15, 0.2) is 10.6 Å². The smallest absolute Gasteiger partial charge is 0.171 e. The van der Waals surface area contributed by atoms with Crippen LogP contribution in [0.15, 0.2) is 59.5 Å². The summed E-state index contributed by atoms with van der Waals surface area (Å²) in [4.78, 5) is 0.745. The van der Waals surface area contributed by atoms with E-state index in [1.54, 1.807) is 31.4 Å². The SMILES string of the molecule is COc1ccc([S+]([O-])CC#CCOc2ccccc2)cc1. The Morgan fingerprint density at radius 1 is 0.952 bits per heavy atom. The van der Waals surface area contributed by atoms with Gasteiger partial charge in [0.25, 0.3) is 0 Å². The molecule has 21 heavy (non-hydrogen) atoms. The Hall–Kier alpha value is -2.09. The van der Waals surface area contributed by atoms with Crippen LogP contribution in [0, 0.1) is 11.8 Å². The summed E-state index contributed by atoms with van der Waals surface area (Å²) in [5.74, 6) is 7.57. The second-order valence-corrected chi connectivity index (χ2v) is 5.57. The predicted molar refractivity (Wildman–Crippen MR) is 84.0 cm³/mol. The molecule has 0 bridgehead atoms. The van der Waals surface area contributed by atoms with Crippen LogP contribution in [0.1, 0.15) is 0 Å². The summed E-state index contributed by atoms with van der Waals surface area (Å²) < 4.78 is 22.5. The molecule has 0 aliphatic rings. The highest BCUT2D eigenvalue weighted by atomic mass is 32.2. The molecule has 2 aromatic rings. The first-order valence-electron chi connectivity index (χ1n) is 6.45. The molecule has 1 atom stereocenters. The molecule has 0 aliphatic carbocycles. The molecule has 108 valence electrons. The van der Waals surface area contributed by atoms with Crippen LogP contribution in [-0.2, 0) is 11.2 Å². The summed E-state index contributed by atoms with van der Waals surface area (Å²) in [5, 5.41) is 0. The molecule has 0 spiro atoms.